The number of amides is 2. The Morgan fingerprint density at radius 1 is 0.875 bits per heavy atom. The van der Waals surface area contributed by atoms with Crippen LogP contribution in [0.5, 0.6) is 5.75 Å². The van der Waals surface area contributed by atoms with E-state index in [1.54, 1.807) is 30.3 Å². The highest BCUT2D eigenvalue weighted by atomic mass is 16.5. The number of rotatable bonds is 5. The molecule has 0 radical (unpaired) electrons. The molecule has 0 saturated heterocycles. The molecule has 0 aliphatic carbocycles. The maximum atomic E-state index is 12.5. The first kappa shape index (κ1) is 21.0. The lowest BCUT2D eigenvalue weighted by atomic mass is 10.0. The van der Waals surface area contributed by atoms with Gasteiger partial charge in [0.1, 0.15) is 11.3 Å². The molecule has 1 aromatic heterocycles. The number of nitrogens with zero attached hydrogens (tertiary/aromatic N) is 1. The Bertz CT molecular complexity index is 1330. The van der Waals surface area contributed by atoms with Gasteiger partial charge in [-0.25, -0.2) is 9.59 Å². The molecule has 0 fully saturated rings. The van der Waals surface area contributed by atoms with Crippen LogP contribution in [-0.2, 0) is 0 Å². The summed E-state index contributed by atoms with van der Waals surface area (Å²) >= 11 is 0. The van der Waals surface area contributed by atoms with Crippen molar-refractivity contribution in [2.24, 2.45) is 0 Å². The van der Waals surface area contributed by atoms with Crippen LogP contribution in [0.4, 0.5) is 21.9 Å². The van der Waals surface area contributed by atoms with E-state index in [-0.39, 0.29) is 6.03 Å². The summed E-state index contributed by atoms with van der Waals surface area (Å²) in [7, 11) is 5.42. The van der Waals surface area contributed by atoms with Gasteiger partial charge in [0.05, 0.1) is 12.7 Å². The fourth-order valence-corrected chi connectivity index (χ4v) is 3.38. The molecule has 1 heterocycles. The average Bonchev–Trinajstić information content (AvgIpc) is 2.79. The molecule has 0 unspecified atom stereocenters. The minimum Gasteiger partial charge on any atom is -0.496 e. The molecule has 2 N–H and O–H groups in total. The van der Waals surface area contributed by atoms with Gasteiger partial charge in [-0.15, -0.1) is 0 Å². The monoisotopic (exact) mass is 429 g/mol. The van der Waals surface area contributed by atoms with Crippen LogP contribution in [-0.4, -0.2) is 27.2 Å². The third-order valence-electron chi connectivity index (χ3n) is 5.03. The molecule has 0 bridgehead atoms. The Kier molecular flexibility index (Phi) is 5.81. The Balaban J connectivity index is 1.55. The first-order valence-corrected chi connectivity index (χ1v) is 10.0. The number of hydrogen-bond donors (Lipinski definition) is 2. The van der Waals surface area contributed by atoms with E-state index < -0.39 is 5.63 Å². The average molecular weight is 429 g/mol. The second-order valence-corrected chi connectivity index (χ2v) is 7.42. The van der Waals surface area contributed by atoms with Crippen molar-refractivity contribution in [1.82, 2.24) is 0 Å². The summed E-state index contributed by atoms with van der Waals surface area (Å²) in [5.74, 6) is 0.445. The van der Waals surface area contributed by atoms with Crippen molar-refractivity contribution in [3.63, 3.8) is 0 Å². The molecule has 4 aromatic rings. The Morgan fingerprint density at radius 3 is 2.28 bits per heavy atom. The largest absolute Gasteiger partial charge is 0.496 e. The van der Waals surface area contributed by atoms with Gasteiger partial charge in [-0.05, 0) is 48.5 Å². The normalized spacial score (nSPS) is 10.6. The van der Waals surface area contributed by atoms with Crippen LogP contribution in [0.2, 0.25) is 0 Å². The van der Waals surface area contributed by atoms with E-state index >= 15 is 0 Å². The minimum atomic E-state index is -0.457. The van der Waals surface area contributed by atoms with E-state index in [1.807, 2.05) is 61.5 Å². The molecule has 0 aliphatic heterocycles. The van der Waals surface area contributed by atoms with Crippen LogP contribution in [0, 0.1) is 0 Å². The summed E-state index contributed by atoms with van der Waals surface area (Å²) in [6.07, 6.45) is 0. The summed E-state index contributed by atoms with van der Waals surface area (Å²) in [6.45, 7) is 0. The topological polar surface area (TPSA) is 83.8 Å². The molecule has 0 saturated carbocycles. The number of urea groups is 1. The summed E-state index contributed by atoms with van der Waals surface area (Å²) in [5.41, 5.74) is 3.27. The third-order valence-corrected chi connectivity index (χ3v) is 5.03. The SMILES string of the molecule is COc1cc(NC(=O)Nc2ccc(N(C)C)cc2)ccc1-c1cc2ccccc2oc1=O. The highest BCUT2D eigenvalue weighted by Gasteiger charge is 2.14. The number of benzene rings is 3. The molecular formula is C25H23N3O4. The Hall–Kier alpha value is -4.26. The molecular weight excluding hydrogens is 406 g/mol. The molecule has 0 aliphatic rings. The Labute approximate surface area is 185 Å². The highest BCUT2D eigenvalue weighted by molar-refractivity contribution is 6.00. The first-order chi connectivity index (χ1) is 15.4. The number of anilines is 3. The summed E-state index contributed by atoms with van der Waals surface area (Å²) < 4.78 is 10.9. The summed E-state index contributed by atoms with van der Waals surface area (Å²) in [5, 5.41) is 6.39. The molecule has 7 nitrogen and oxygen atoms in total. The molecule has 32 heavy (non-hydrogen) atoms. The van der Waals surface area contributed by atoms with Crippen LogP contribution < -0.4 is 25.9 Å². The van der Waals surface area contributed by atoms with Crippen molar-refractivity contribution in [2.75, 3.05) is 36.7 Å². The van der Waals surface area contributed by atoms with E-state index in [0.29, 0.717) is 33.8 Å². The number of hydrogen-bond acceptors (Lipinski definition) is 5. The summed E-state index contributed by atoms with van der Waals surface area (Å²) in [6, 6.07) is 21.3. The van der Waals surface area contributed by atoms with Gasteiger partial charge >= 0.3 is 11.7 Å². The highest BCUT2D eigenvalue weighted by Crippen LogP contribution is 2.32. The lowest BCUT2D eigenvalue weighted by molar-refractivity contribution is 0.262. The second-order valence-electron chi connectivity index (χ2n) is 7.42. The molecule has 2 amide bonds. The van der Waals surface area contributed by atoms with E-state index in [4.69, 9.17) is 9.15 Å². The van der Waals surface area contributed by atoms with Gasteiger partial charge in [-0.3, -0.25) is 0 Å². The van der Waals surface area contributed by atoms with Gasteiger partial charge in [0.2, 0.25) is 0 Å². The van der Waals surface area contributed by atoms with E-state index in [1.165, 1.54) is 7.11 Å². The molecule has 0 spiro atoms. The van der Waals surface area contributed by atoms with Crippen molar-refractivity contribution in [3.8, 4) is 16.9 Å². The number of carbonyl (C=O) groups excluding carboxylic acids is 1. The smallest absolute Gasteiger partial charge is 0.344 e. The summed E-state index contributed by atoms with van der Waals surface area (Å²) in [4.78, 5) is 26.9. The number of fused-ring (bicyclic) bond motifs is 1. The van der Waals surface area contributed by atoms with Gasteiger partial charge in [0, 0.05) is 48.2 Å². The lowest BCUT2D eigenvalue weighted by Gasteiger charge is -2.14. The molecule has 4 rings (SSSR count). The first-order valence-electron chi connectivity index (χ1n) is 10.0. The zero-order valence-corrected chi connectivity index (χ0v) is 18.0. The van der Waals surface area contributed by atoms with Crippen molar-refractivity contribution in [2.45, 2.75) is 0 Å². The molecule has 162 valence electrons. The third kappa shape index (κ3) is 4.41. The number of carbonyl (C=O) groups is 1. The predicted molar refractivity (Wildman–Crippen MR) is 128 cm³/mol. The predicted octanol–water partition coefficient (Wildman–Crippen LogP) is 5.18. The van der Waals surface area contributed by atoms with Crippen LogP contribution in [0.25, 0.3) is 22.1 Å². The van der Waals surface area contributed by atoms with Crippen LogP contribution in [0.3, 0.4) is 0 Å². The zero-order chi connectivity index (χ0) is 22.7. The van der Waals surface area contributed by atoms with Crippen LogP contribution in [0.15, 0.2) is 82.0 Å². The van der Waals surface area contributed by atoms with Crippen molar-refractivity contribution >= 4 is 34.1 Å². The minimum absolute atomic E-state index is 0.386. The number of para-hydroxylation sites is 1. The van der Waals surface area contributed by atoms with Gasteiger partial charge < -0.3 is 24.7 Å². The molecule has 3 aromatic carbocycles. The van der Waals surface area contributed by atoms with E-state index in [2.05, 4.69) is 10.6 Å². The standard InChI is InChI=1S/C25H23N3O4/c1-28(2)19-11-8-17(9-12-19)26-25(30)27-18-10-13-20(23(15-18)31-3)21-14-16-6-4-5-7-22(16)32-24(21)29/h4-15H,1-3H3,(H2,26,27,30). The van der Waals surface area contributed by atoms with Crippen LogP contribution >= 0.6 is 0 Å². The quantitative estimate of drug-likeness (QED) is 0.427. The van der Waals surface area contributed by atoms with Crippen molar-refractivity contribution in [3.05, 3.63) is 83.2 Å². The van der Waals surface area contributed by atoms with Gasteiger partial charge in [-0.1, -0.05) is 18.2 Å². The number of nitrogens with one attached hydrogen (secondary N) is 2. The van der Waals surface area contributed by atoms with Gasteiger partial charge in [0.15, 0.2) is 0 Å². The maximum absolute atomic E-state index is 12.5. The van der Waals surface area contributed by atoms with Crippen LogP contribution in [0.1, 0.15) is 0 Å². The fraction of sp³-hybridized carbons (Fsp3) is 0.120. The van der Waals surface area contributed by atoms with Crippen molar-refractivity contribution in [1.29, 1.82) is 0 Å². The molecule has 7 heteroatoms. The van der Waals surface area contributed by atoms with Gasteiger partial charge in [-0.2, -0.15) is 0 Å². The van der Waals surface area contributed by atoms with E-state index in [0.717, 1.165) is 11.1 Å². The second kappa shape index (κ2) is 8.85. The zero-order valence-electron chi connectivity index (χ0n) is 18.0. The Morgan fingerprint density at radius 2 is 1.56 bits per heavy atom. The van der Waals surface area contributed by atoms with Crippen molar-refractivity contribution < 1.29 is 13.9 Å². The van der Waals surface area contributed by atoms with E-state index in [9.17, 15) is 9.59 Å². The fourth-order valence-electron chi connectivity index (χ4n) is 3.38. The lowest BCUT2D eigenvalue weighted by Crippen LogP contribution is -2.19. The maximum Gasteiger partial charge on any atom is 0.344 e. The number of methoxy groups -OCH3 is 1. The molecule has 0 atom stereocenters. The number of ether oxygens (including phenoxy) is 1. The van der Waals surface area contributed by atoms with Gasteiger partial charge in [0.25, 0.3) is 0 Å².